The van der Waals surface area contributed by atoms with E-state index in [1.807, 2.05) is 18.2 Å². The fourth-order valence-corrected chi connectivity index (χ4v) is 1.67. The lowest BCUT2D eigenvalue weighted by Crippen LogP contribution is -1.98. The van der Waals surface area contributed by atoms with Crippen molar-refractivity contribution < 1.29 is 0 Å². The molecule has 0 aliphatic carbocycles. The van der Waals surface area contributed by atoms with E-state index < -0.39 is 0 Å². The smallest absolute Gasteiger partial charge is 0.0184 e. The van der Waals surface area contributed by atoms with Crippen LogP contribution in [0.4, 0.5) is 0 Å². The summed E-state index contributed by atoms with van der Waals surface area (Å²) in [5.74, 6) is 0. The van der Waals surface area contributed by atoms with Crippen molar-refractivity contribution in [3.8, 4) is 0 Å². The molecule has 14 heavy (non-hydrogen) atoms. The van der Waals surface area contributed by atoms with Crippen molar-refractivity contribution >= 4 is 16.8 Å². The molecular formula is C13H13N. The molecule has 0 saturated heterocycles. The maximum absolute atomic E-state index is 5.67. The van der Waals surface area contributed by atoms with Gasteiger partial charge in [-0.05, 0) is 34.0 Å². The largest absolute Gasteiger partial charge is 0.326 e. The first-order valence-electron chi connectivity index (χ1n) is 4.69. The van der Waals surface area contributed by atoms with Gasteiger partial charge in [0.25, 0.3) is 0 Å². The predicted octanol–water partition coefficient (Wildman–Crippen LogP) is 2.94. The van der Waals surface area contributed by atoms with Gasteiger partial charge in [-0.15, -0.1) is 0 Å². The topological polar surface area (TPSA) is 26.0 Å². The predicted molar refractivity (Wildman–Crippen MR) is 61.9 cm³/mol. The van der Waals surface area contributed by atoms with Gasteiger partial charge >= 0.3 is 0 Å². The standard InChI is InChI=1S/C13H13N/c1-2-10-7-11-5-3-4-6-12(11)8-13(10)9-14/h2-8H,1,9,14H2. The first-order chi connectivity index (χ1) is 6.85. The zero-order valence-corrected chi connectivity index (χ0v) is 8.03. The molecule has 0 aromatic heterocycles. The van der Waals surface area contributed by atoms with Gasteiger partial charge in [-0.1, -0.05) is 36.9 Å². The van der Waals surface area contributed by atoms with E-state index in [1.165, 1.54) is 10.8 Å². The Morgan fingerprint density at radius 2 is 1.79 bits per heavy atom. The second-order valence-corrected chi connectivity index (χ2v) is 3.31. The fraction of sp³-hybridized carbons (Fsp3) is 0.0769. The lowest BCUT2D eigenvalue weighted by Gasteiger charge is -2.05. The summed E-state index contributed by atoms with van der Waals surface area (Å²) < 4.78 is 0. The van der Waals surface area contributed by atoms with Crippen LogP contribution in [0.1, 0.15) is 11.1 Å². The third-order valence-electron chi connectivity index (χ3n) is 2.45. The van der Waals surface area contributed by atoms with Gasteiger partial charge in [-0.25, -0.2) is 0 Å². The highest BCUT2D eigenvalue weighted by molar-refractivity contribution is 5.85. The Bertz CT molecular complexity index is 472. The zero-order valence-electron chi connectivity index (χ0n) is 8.03. The molecule has 2 aromatic carbocycles. The van der Waals surface area contributed by atoms with Crippen LogP contribution in [-0.2, 0) is 6.54 Å². The molecule has 0 amide bonds. The van der Waals surface area contributed by atoms with E-state index in [9.17, 15) is 0 Å². The molecule has 0 atom stereocenters. The van der Waals surface area contributed by atoms with Crippen molar-refractivity contribution in [2.24, 2.45) is 5.73 Å². The summed E-state index contributed by atoms with van der Waals surface area (Å²) in [5, 5.41) is 2.47. The van der Waals surface area contributed by atoms with Gasteiger partial charge in [-0.2, -0.15) is 0 Å². The lowest BCUT2D eigenvalue weighted by atomic mass is 10.0. The molecule has 0 heterocycles. The molecule has 0 fully saturated rings. The minimum atomic E-state index is 0.562. The maximum Gasteiger partial charge on any atom is 0.0184 e. The Labute approximate surface area is 83.9 Å². The minimum Gasteiger partial charge on any atom is -0.326 e. The molecule has 1 nitrogen and oxygen atoms in total. The molecule has 0 radical (unpaired) electrons. The van der Waals surface area contributed by atoms with Crippen LogP contribution in [0.15, 0.2) is 43.0 Å². The average molecular weight is 183 g/mol. The lowest BCUT2D eigenvalue weighted by molar-refractivity contribution is 1.07. The number of hydrogen-bond donors (Lipinski definition) is 1. The molecule has 2 aromatic rings. The number of rotatable bonds is 2. The highest BCUT2D eigenvalue weighted by Crippen LogP contribution is 2.20. The number of benzene rings is 2. The van der Waals surface area contributed by atoms with Gasteiger partial charge in [0, 0.05) is 6.54 Å². The highest BCUT2D eigenvalue weighted by Gasteiger charge is 1.99. The first kappa shape index (κ1) is 8.97. The molecule has 0 aliphatic rings. The van der Waals surface area contributed by atoms with Crippen LogP contribution in [0.5, 0.6) is 0 Å². The van der Waals surface area contributed by atoms with E-state index in [0.29, 0.717) is 6.54 Å². The normalized spacial score (nSPS) is 10.4. The van der Waals surface area contributed by atoms with Gasteiger partial charge in [0.2, 0.25) is 0 Å². The number of nitrogens with two attached hydrogens (primary N) is 1. The Hall–Kier alpha value is -1.60. The summed E-state index contributed by atoms with van der Waals surface area (Å²) in [6.45, 7) is 4.35. The minimum absolute atomic E-state index is 0.562. The molecule has 2 rings (SSSR count). The molecule has 0 aliphatic heterocycles. The molecule has 70 valence electrons. The van der Waals surface area contributed by atoms with Crippen molar-refractivity contribution in [1.82, 2.24) is 0 Å². The highest BCUT2D eigenvalue weighted by atomic mass is 14.5. The zero-order chi connectivity index (χ0) is 9.97. The van der Waals surface area contributed by atoms with E-state index in [0.717, 1.165) is 11.1 Å². The summed E-state index contributed by atoms with van der Waals surface area (Å²) in [6.07, 6.45) is 1.86. The molecule has 0 bridgehead atoms. The van der Waals surface area contributed by atoms with Crippen molar-refractivity contribution in [1.29, 1.82) is 0 Å². The molecular weight excluding hydrogens is 170 g/mol. The second-order valence-electron chi connectivity index (χ2n) is 3.31. The van der Waals surface area contributed by atoms with Crippen LogP contribution in [0.25, 0.3) is 16.8 Å². The van der Waals surface area contributed by atoms with Gasteiger partial charge in [0.15, 0.2) is 0 Å². The van der Waals surface area contributed by atoms with E-state index in [2.05, 4.69) is 30.8 Å². The number of hydrogen-bond acceptors (Lipinski definition) is 1. The van der Waals surface area contributed by atoms with Crippen molar-refractivity contribution in [3.63, 3.8) is 0 Å². The summed E-state index contributed by atoms with van der Waals surface area (Å²) >= 11 is 0. The van der Waals surface area contributed by atoms with Crippen molar-refractivity contribution in [2.75, 3.05) is 0 Å². The van der Waals surface area contributed by atoms with E-state index in [1.54, 1.807) is 0 Å². The van der Waals surface area contributed by atoms with E-state index >= 15 is 0 Å². The second kappa shape index (κ2) is 3.64. The quantitative estimate of drug-likeness (QED) is 0.761. The van der Waals surface area contributed by atoms with Crippen molar-refractivity contribution in [2.45, 2.75) is 6.54 Å². The van der Waals surface area contributed by atoms with Gasteiger partial charge < -0.3 is 5.73 Å². The summed E-state index contributed by atoms with van der Waals surface area (Å²) in [5.41, 5.74) is 7.95. The maximum atomic E-state index is 5.67. The van der Waals surface area contributed by atoms with Crippen LogP contribution in [0, 0.1) is 0 Å². The van der Waals surface area contributed by atoms with Crippen LogP contribution in [0.3, 0.4) is 0 Å². The Morgan fingerprint density at radius 1 is 1.14 bits per heavy atom. The molecule has 0 saturated carbocycles. The monoisotopic (exact) mass is 183 g/mol. The van der Waals surface area contributed by atoms with Crippen LogP contribution in [0.2, 0.25) is 0 Å². The Kier molecular flexibility index (Phi) is 2.33. The third kappa shape index (κ3) is 1.42. The first-order valence-corrected chi connectivity index (χ1v) is 4.69. The van der Waals surface area contributed by atoms with Crippen LogP contribution >= 0.6 is 0 Å². The van der Waals surface area contributed by atoms with Gasteiger partial charge in [0.05, 0.1) is 0 Å². The van der Waals surface area contributed by atoms with Gasteiger partial charge in [-0.3, -0.25) is 0 Å². The fourth-order valence-electron chi connectivity index (χ4n) is 1.67. The Morgan fingerprint density at radius 3 is 2.36 bits per heavy atom. The van der Waals surface area contributed by atoms with E-state index in [4.69, 9.17) is 5.73 Å². The SMILES string of the molecule is C=Cc1cc2ccccc2cc1CN. The van der Waals surface area contributed by atoms with Crippen molar-refractivity contribution in [3.05, 3.63) is 54.1 Å². The number of fused-ring (bicyclic) bond motifs is 1. The molecule has 1 heteroatoms. The Balaban J connectivity index is 2.75. The summed E-state index contributed by atoms with van der Waals surface area (Å²) in [4.78, 5) is 0. The van der Waals surface area contributed by atoms with Crippen LogP contribution in [-0.4, -0.2) is 0 Å². The average Bonchev–Trinajstić information content (AvgIpc) is 2.27. The van der Waals surface area contributed by atoms with Crippen LogP contribution < -0.4 is 5.73 Å². The van der Waals surface area contributed by atoms with Gasteiger partial charge in [0.1, 0.15) is 0 Å². The summed E-state index contributed by atoms with van der Waals surface area (Å²) in [7, 11) is 0. The summed E-state index contributed by atoms with van der Waals surface area (Å²) in [6, 6.07) is 12.5. The third-order valence-corrected chi connectivity index (χ3v) is 2.45. The van der Waals surface area contributed by atoms with E-state index in [-0.39, 0.29) is 0 Å². The molecule has 0 spiro atoms. The molecule has 0 unspecified atom stereocenters. The molecule has 2 N–H and O–H groups in total.